The minimum atomic E-state index is -0.639. The standard InChI is InChI=1S/C24H32ClN5O2/c1-28(2)21-10-6-19(7-11-21)22(30-14-12-29(3)13-15-30)17-27-24(32)23(31)26-16-18-4-8-20(25)9-5-18/h4-11,22H,12-17H2,1-3H3,(H,26,31)(H,27,32)/t22-/m1/s1. The number of carbonyl (C=O) groups excluding carboxylic acids is 2. The highest BCUT2D eigenvalue weighted by molar-refractivity contribution is 6.35. The lowest BCUT2D eigenvalue weighted by atomic mass is 10.0. The van der Waals surface area contributed by atoms with Crippen molar-refractivity contribution in [3.63, 3.8) is 0 Å². The molecule has 0 saturated carbocycles. The summed E-state index contributed by atoms with van der Waals surface area (Å²) in [6.07, 6.45) is 0. The number of likely N-dealkylation sites (N-methyl/N-ethyl adjacent to an activating group) is 1. The van der Waals surface area contributed by atoms with E-state index in [-0.39, 0.29) is 12.6 Å². The Morgan fingerprint density at radius 3 is 2.12 bits per heavy atom. The Bertz CT molecular complexity index is 894. The third kappa shape index (κ3) is 6.69. The van der Waals surface area contributed by atoms with Crippen LogP contribution in [0.4, 0.5) is 5.69 Å². The average molecular weight is 458 g/mol. The van der Waals surface area contributed by atoms with Gasteiger partial charge in [-0.3, -0.25) is 14.5 Å². The van der Waals surface area contributed by atoms with Gasteiger partial charge in [0.15, 0.2) is 0 Å². The molecule has 2 aromatic rings. The first kappa shape index (κ1) is 24.0. The van der Waals surface area contributed by atoms with Gasteiger partial charge in [-0.05, 0) is 42.4 Å². The van der Waals surface area contributed by atoms with Gasteiger partial charge in [-0.1, -0.05) is 35.9 Å². The minimum Gasteiger partial charge on any atom is -0.378 e. The molecule has 0 aliphatic carbocycles. The Hall–Kier alpha value is -2.61. The van der Waals surface area contributed by atoms with Gasteiger partial charge in [-0.25, -0.2) is 0 Å². The molecule has 2 aromatic carbocycles. The zero-order valence-corrected chi connectivity index (χ0v) is 19.7. The molecule has 2 amide bonds. The summed E-state index contributed by atoms with van der Waals surface area (Å²) in [5, 5.41) is 6.13. The third-order valence-electron chi connectivity index (χ3n) is 5.80. The molecule has 2 N–H and O–H groups in total. The molecule has 172 valence electrons. The molecule has 3 rings (SSSR count). The summed E-state index contributed by atoms with van der Waals surface area (Å²) in [5.74, 6) is -1.26. The van der Waals surface area contributed by atoms with E-state index in [0.29, 0.717) is 11.6 Å². The van der Waals surface area contributed by atoms with Gasteiger partial charge >= 0.3 is 11.8 Å². The number of hydrogen-bond acceptors (Lipinski definition) is 5. The molecule has 0 aromatic heterocycles. The molecule has 1 atom stereocenters. The topological polar surface area (TPSA) is 67.9 Å². The van der Waals surface area contributed by atoms with Gasteiger partial charge in [0.2, 0.25) is 0 Å². The van der Waals surface area contributed by atoms with Crippen LogP contribution >= 0.6 is 11.6 Å². The Morgan fingerprint density at radius 1 is 0.938 bits per heavy atom. The highest BCUT2D eigenvalue weighted by Crippen LogP contribution is 2.24. The van der Waals surface area contributed by atoms with Gasteiger partial charge in [0.05, 0.1) is 6.04 Å². The van der Waals surface area contributed by atoms with E-state index in [1.54, 1.807) is 12.1 Å². The molecule has 1 heterocycles. The van der Waals surface area contributed by atoms with Gasteiger partial charge in [0.1, 0.15) is 0 Å². The zero-order valence-electron chi connectivity index (χ0n) is 19.0. The van der Waals surface area contributed by atoms with E-state index in [1.807, 2.05) is 26.2 Å². The molecule has 1 aliphatic rings. The number of nitrogens with zero attached hydrogens (tertiary/aromatic N) is 3. The SMILES string of the molecule is CN1CCN([C@H](CNC(=O)C(=O)NCc2ccc(Cl)cc2)c2ccc(N(C)C)cc2)CC1. The van der Waals surface area contributed by atoms with Crippen molar-refractivity contribution in [1.82, 2.24) is 20.4 Å². The van der Waals surface area contributed by atoms with Crippen molar-refractivity contribution in [3.05, 3.63) is 64.7 Å². The van der Waals surface area contributed by atoms with Crippen LogP contribution in [0.1, 0.15) is 17.2 Å². The lowest BCUT2D eigenvalue weighted by Gasteiger charge is -2.38. The maximum atomic E-state index is 12.5. The number of amides is 2. The second kappa shape index (κ2) is 11.3. The van der Waals surface area contributed by atoms with Crippen LogP contribution < -0.4 is 15.5 Å². The number of piperazine rings is 1. The Balaban J connectivity index is 1.61. The Labute approximate surface area is 195 Å². The van der Waals surface area contributed by atoms with Crippen LogP contribution in [0.3, 0.4) is 0 Å². The monoisotopic (exact) mass is 457 g/mol. The van der Waals surface area contributed by atoms with Gasteiger partial charge in [0, 0.05) is 64.1 Å². The predicted molar refractivity (Wildman–Crippen MR) is 129 cm³/mol. The first-order chi connectivity index (χ1) is 15.3. The van der Waals surface area contributed by atoms with E-state index < -0.39 is 11.8 Å². The molecular weight excluding hydrogens is 426 g/mol. The van der Waals surface area contributed by atoms with Crippen molar-refractivity contribution in [3.8, 4) is 0 Å². The van der Waals surface area contributed by atoms with Crippen molar-refractivity contribution in [1.29, 1.82) is 0 Å². The van der Waals surface area contributed by atoms with Crippen molar-refractivity contribution < 1.29 is 9.59 Å². The van der Waals surface area contributed by atoms with Crippen LogP contribution in [-0.4, -0.2) is 75.5 Å². The van der Waals surface area contributed by atoms with Crippen LogP contribution in [0, 0.1) is 0 Å². The van der Waals surface area contributed by atoms with Crippen molar-refractivity contribution >= 4 is 29.1 Å². The summed E-state index contributed by atoms with van der Waals surface area (Å²) in [4.78, 5) is 31.5. The fraction of sp³-hybridized carbons (Fsp3) is 0.417. The van der Waals surface area contributed by atoms with E-state index in [4.69, 9.17) is 11.6 Å². The molecule has 32 heavy (non-hydrogen) atoms. The maximum absolute atomic E-state index is 12.5. The van der Waals surface area contributed by atoms with Crippen molar-refractivity contribution in [2.45, 2.75) is 12.6 Å². The first-order valence-electron chi connectivity index (χ1n) is 10.8. The fourth-order valence-electron chi connectivity index (χ4n) is 3.72. The van der Waals surface area contributed by atoms with E-state index >= 15 is 0 Å². The number of benzene rings is 2. The normalized spacial score (nSPS) is 15.8. The summed E-state index contributed by atoms with van der Waals surface area (Å²) in [5.41, 5.74) is 3.13. The number of hydrogen-bond donors (Lipinski definition) is 2. The molecule has 0 bridgehead atoms. The molecule has 1 aliphatic heterocycles. The second-order valence-corrected chi connectivity index (χ2v) is 8.80. The molecule has 0 radical (unpaired) electrons. The van der Waals surface area contributed by atoms with Crippen molar-refractivity contribution in [2.75, 3.05) is 58.8 Å². The minimum absolute atomic E-state index is 0.00734. The fourth-order valence-corrected chi connectivity index (χ4v) is 3.85. The Kier molecular flexibility index (Phi) is 8.50. The summed E-state index contributed by atoms with van der Waals surface area (Å²) in [6.45, 7) is 4.42. The average Bonchev–Trinajstić information content (AvgIpc) is 2.80. The molecule has 1 saturated heterocycles. The predicted octanol–water partition coefficient (Wildman–Crippen LogP) is 2.13. The molecule has 0 spiro atoms. The van der Waals surface area contributed by atoms with Gasteiger partial charge in [0.25, 0.3) is 0 Å². The van der Waals surface area contributed by atoms with Crippen molar-refractivity contribution in [2.24, 2.45) is 0 Å². The quantitative estimate of drug-likeness (QED) is 0.623. The second-order valence-electron chi connectivity index (χ2n) is 8.36. The van der Waals surface area contributed by atoms with Crippen LogP contribution in [0.5, 0.6) is 0 Å². The summed E-state index contributed by atoms with van der Waals surface area (Å²) in [7, 11) is 6.14. The Morgan fingerprint density at radius 2 is 1.53 bits per heavy atom. The number of carbonyl (C=O) groups is 2. The summed E-state index contributed by atoms with van der Waals surface area (Å²) < 4.78 is 0. The molecular formula is C24H32ClN5O2. The van der Waals surface area contributed by atoms with Gasteiger partial charge in [-0.2, -0.15) is 0 Å². The summed E-state index contributed by atoms with van der Waals surface area (Å²) in [6, 6.07) is 15.5. The number of halogens is 1. The van der Waals surface area contributed by atoms with E-state index in [2.05, 4.69) is 56.6 Å². The lowest BCUT2D eigenvalue weighted by molar-refractivity contribution is -0.139. The van der Waals surface area contributed by atoms with E-state index in [0.717, 1.165) is 43.0 Å². The van der Waals surface area contributed by atoms with E-state index in [1.165, 1.54) is 0 Å². The molecule has 1 fully saturated rings. The van der Waals surface area contributed by atoms with Crippen LogP contribution in [0.25, 0.3) is 0 Å². The van der Waals surface area contributed by atoms with Crippen LogP contribution in [0.2, 0.25) is 5.02 Å². The summed E-state index contributed by atoms with van der Waals surface area (Å²) >= 11 is 5.88. The molecule has 7 nitrogen and oxygen atoms in total. The zero-order chi connectivity index (χ0) is 23.1. The molecule has 0 unspecified atom stereocenters. The smallest absolute Gasteiger partial charge is 0.309 e. The number of nitrogens with one attached hydrogen (secondary N) is 2. The highest BCUT2D eigenvalue weighted by Gasteiger charge is 2.25. The highest BCUT2D eigenvalue weighted by atomic mass is 35.5. The largest absolute Gasteiger partial charge is 0.378 e. The van der Waals surface area contributed by atoms with E-state index in [9.17, 15) is 9.59 Å². The molecule has 8 heteroatoms. The third-order valence-corrected chi connectivity index (χ3v) is 6.05. The number of anilines is 1. The van der Waals surface area contributed by atoms with Crippen LogP contribution in [-0.2, 0) is 16.1 Å². The maximum Gasteiger partial charge on any atom is 0.309 e. The number of rotatable bonds is 7. The van der Waals surface area contributed by atoms with Gasteiger partial charge < -0.3 is 20.4 Å². The lowest BCUT2D eigenvalue weighted by Crippen LogP contribution is -2.49. The van der Waals surface area contributed by atoms with Crippen LogP contribution in [0.15, 0.2) is 48.5 Å². The van der Waals surface area contributed by atoms with Gasteiger partial charge in [-0.15, -0.1) is 0 Å². The first-order valence-corrected chi connectivity index (χ1v) is 11.2.